The zero-order chi connectivity index (χ0) is 15.5. The summed E-state index contributed by atoms with van der Waals surface area (Å²) in [5.41, 5.74) is 1.54. The quantitative estimate of drug-likeness (QED) is 0.919. The number of carboxylic acids is 1. The molecule has 5 heteroatoms. The van der Waals surface area contributed by atoms with E-state index in [1.54, 1.807) is 18.2 Å². The van der Waals surface area contributed by atoms with Crippen LogP contribution >= 0.6 is 0 Å². The van der Waals surface area contributed by atoms with Crippen LogP contribution in [0.25, 0.3) is 0 Å². The van der Waals surface area contributed by atoms with E-state index in [-0.39, 0.29) is 6.79 Å². The van der Waals surface area contributed by atoms with Gasteiger partial charge in [0.25, 0.3) is 0 Å². The lowest BCUT2D eigenvalue weighted by molar-refractivity contribution is -0.138. The SMILES string of the molecule is CCN(c1ccccc1)C(C(=O)O)c1ccc2c(c1)OCO2. The smallest absolute Gasteiger partial charge is 0.331 e. The lowest BCUT2D eigenvalue weighted by atomic mass is 10.0. The van der Waals surface area contributed by atoms with Crippen molar-refractivity contribution in [3.63, 3.8) is 0 Å². The van der Waals surface area contributed by atoms with Crippen molar-refractivity contribution in [2.45, 2.75) is 13.0 Å². The molecule has 1 aliphatic rings. The molecule has 1 atom stereocenters. The maximum atomic E-state index is 11.9. The van der Waals surface area contributed by atoms with Gasteiger partial charge in [-0.25, -0.2) is 4.79 Å². The van der Waals surface area contributed by atoms with Crippen LogP contribution in [0.1, 0.15) is 18.5 Å². The number of fused-ring (bicyclic) bond motifs is 1. The molecular weight excluding hydrogens is 282 g/mol. The number of carbonyl (C=O) groups is 1. The van der Waals surface area contributed by atoms with Gasteiger partial charge in [-0.15, -0.1) is 0 Å². The Bertz CT molecular complexity index is 672. The van der Waals surface area contributed by atoms with Crippen molar-refractivity contribution >= 4 is 11.7 Å². The Balaban J connectivity index is 2.00. The zero-order valence-corrected chi connectivity index (χ0v) is 12.2. The van der Waals surface area contributed by atoms with Crippen molar-refractivity contribution in [3.05, 3.63) is 54.1 Å². The molecule has 1 aliphatic heterocycles. The maximum absolute atomic E-state index is 11.9. The first kappa shape index (κ1) is 14.3. The largest absolute Gasteiger partial charge is 0.479 e. The number of ether oxygens (including phenoxy) is 2. The summed E-state index contributed by atoms with van der Waals surface area (Å²) in [5, 5.41) is 9.72. The lowest BCUT2D eigenvalue weighted by Gasteiger charge is -2.30. The first-order chi connectivity index (χ1) is 10.7. The van der Waals surface area contributed by atoms with Gasteiger partial charge in [0.05, 0.1) is 0 Å². The summed E-state index contributed by atoms with van der Waals surface area (Å²) >= 11 is 0. The number of hydrogen-bond donors (Lipinski definition) is 1. The van der Waals surface area contributed by atoms with Crippen LogP contribution in [0, 0.1) is 0 Å². The molecule has 0 spiro atoms. The maximum Gasteiger partial charge on any atom is 0.331 e. The average molecular weight is 299 g/mol. The van der Waals surface area contributed by atoms with Crippen molar-refractivity contribution in [1.82, 2.24) is 0 Å². The summed E-state index contributed by atoms with van der Waals surface area (Å²) in [7, 11) is 0. The number of anilines is 1. The monoisotopic (exact) mass is 299 g/mol. The van der Waals surface area contributed by atoms with E-state index >= 15 is 0 Å². The van der Waals surface area contributed by atoms with Crippen LogP contribution in [0.3, 0.4) is 0 Å². The summed E-state index contributed by atoms with van der Waals surface area (Å²) in [5.74, 6) is 0.341. The van der Waals surface area contributed by atoms with E-state index in [2.05, 4.69) is 0 Å². The summed E-state index contributed by atoms with van der Waals surface area (Å²) in [6.07, 6.45) is 0. The number of benzene rings is 2. The molecule has 3 rings (SSSR count). The molecule has 1 N–H and O–H groups in total. The fourth-order valence-electron chi connectivity index (χ4n) is 2.67. The van der Waals surface area contributed by atoms with Gasteiger partial charge < -0.3 is 19.5 Å². The van der Waals surface area contributed by atoms with Gasteiger partial charge in [-0.3, -0.25) is 0 Å². The fraction of sp³-hybridized carbons (Fsp3) is 0.235. The Kier molecular flexibility index (Phi) is 3.87. The van der Waals surface area contributed by atoms with E-state index in [1.165, 1.54) is 0 Å². The zero-order valence-electron chi connectivity index (χ0n) is 12.2. The van der Waals surface area contributed by atoms with Crippen LogP contribution in [-0.2, 0) is 4.79 Å². The summed E-state index contributed by atoms with van der Waals surface area (Å²) in [4.78, 5) is 13.7. The molecule has 0 aromatic heterocycles. The minimum absolute atomic E-state index is 0.173. The van der Waals surface area contributed by atoms with Crippen molar-refractivity contribution in [1.29, 1.82) is 0 Å². The van der Waals surface area contributed by atoms with Gasteiger partial charge in [-0.2, -0.15) is 0 Å². The summed E-state index contributed by atoms with van der Waals surface area (Å²) < 4.78 is 10.6. The first-order valence-electron chi connectivity index (χ1n) is 7.14. The topological polar surface area (TPSA) is 59.0 Å². The van der Waals surface area contributed by atoms with Gasteiger partial charge in [-0.05, 0) is 36.8 Å². The number of rotatable bonds is 5. The van der Waals surface area contributed by atoms with Crippen LogP contribution in [0.2, 0.25) is 0 Å². The van der Waals surface area contributed by atoms with Crippen molar-refractivity contribution in [3.8, 4) is 11.5 Å². The Hall–Kier alpha value is -2.69. The van der Waals surface area contributed by atoms with Crippen molar-refractivity contribution in [2.75, 3.05) is 18.2 Å². The molecule has 2 aromatic rings. The van der Waals surface area contributed by atoms with Crippen LogP contribution in [-0.4, -0.2) is 24.4 Å². The Morgan fingerprint density at radius 3 is 2.59 bits per heavy atom. The number of hydrogen-bond acceptors (Lipinski definition) is 4. The van der Waals surface area contributed by atoms with Gasteiger partial charge in [0.1, 0.15) is 0 Å². The molecule has 0 amide bonds. The van der Waals surface area contributed by atoms with Crippen LogP contribution in [0.15, 0.2) is 48.5 Å². The van der Waals surface area contributed by atoms with Gasteiger partial charge in [0, 0.05) is 12.2 Å². The Labute approximate surface area is 128 Å². The normalized spacial score (nSPS) is 13.7. The molecule has 0 saturated heterocycles. The minimum Gasteiger partial charge on any atom is -0.479 e. The molecule has 0 aliphatic carbocycles. The highest BCUT2D eigenvalue weighted by Crippen LogP contribution is 2.36. The molecule has 0 fully saturated rings. The third kappa shape index (κ3) is 2.57. The molecule has 2 aromatic carbocycles. The van der Waals surface area contributed by atoms with Crippen LogP contribution in [0.4, 0.5) is 5.69 Å². The molecule has 5 nitrogen and oxygen atoms in total. The predicted octanol–water partition coefficient (Wildman–Crippen LogP) is 3.07. The van der Waals surface area contributed by atoms with Gasteiger partial charge in [0.15, 0.2) is 17.5 Å². The van der Waals surface area contributed by atoms with Gasteiger partial charge >= 0.3 is 5.97 Å². The predicted molar refractivity (Wildman–Crippen MR) is 82.4 cm³/mol. The second-order valence-corrected chi connectivity index (χ2v) is 4.98. The first-order valence-corrected chi connectivity index (χ1v) is 7.14. The highest BCUT2D eigenvalue weighted by molar-refractivity contribution is 5.80. The second kappa shape index (κ2) is 5.97. The average Bonchev–Trinajstić information content (AvgIpc) is 3.00. The third-order valence-corrected chi connectivity index (χ3v) is 3.69. The summed E-state index contributed by atoms with van der Waals surface area (Å²) in [6, 6.07) is 14.0. The fourth-order valence-corrected chi connectivity index (χ4v) is 2.67. The van der Waals surface area contributed by atoms with E-state index < -0.39 is 12.0 Å². The molecule has 22 heavy (non-hydrogen) atoms. The molecule has 1 unspecified atom stereocenters. The second-order valence-electron chi connectivity index (χ2n) is 4.98. The van der Waals surface area contributed by atoms with E-state index in [0.717, 1.165) is 5.69 Å². The van der Waals surface area contributed by atoms with Gasteiger partial charge in [-0.1, -0.05) is 24.3 Å². The highest BCUT2D eigenvalue weighted by atomic mass is 16.7. The molecular formula is C17H17NO4. The van der Waals surface area contributed by atoms with Crippen LogP contribution in [0.5, 0.6) is 11.5 Å². The number of likely N-dealkylation sites (N-methyl/N-ethyl adjacent to an activating group) is 1. The van der Waals surface area contributed by atoms with E-state index in [4.69, 9.17) is 9.47 Å². The number of carboxylic acid groups (broad SMARTS) is 1. The van der Waals surface area contributed by atoms with Crippen molar-refractivity contribution in [2.24, 2.45) is 0 Å². The third-order valence-electron chi connectivity index (χ3n) is 3.69. The minimum atomic E-state index is -0.899. The van der Waals surface area contributed by atoms with Crippen LogP contribution < -0.4 is 14.4 Å². The molecule has 1 heterocycles. The van der Waals surface area contributed by atoms with E-state index in [0.29, 0.717) is 23.6 Å². The standard InChI is InChI=1S/C17H17NO4/c1-2-18(13-6-4-3-5-7-13)16(17(19)20)12-8-9-14-15(10-12)22-11-21-14/h3-10,16H,2,11H2,1H3,(H,19,20). The number of para-hydroxylation sites is 1. The molecule has 114 valence electrons. The highest BCUT2D eigenvalue weighted by Gasteiger charge is 2.28. The van der Waals surface area contributed by atoms with E-state index in [9.17, 15) is 9.90 Å². The van der Waals surface area contributed by atoms with Crippen molar-refractivity contribution < 1.29 is 19.4 Å². The van der Waals surface area contributed by atoms with E-state index in [1.807, 2.05) is 42.2 Å². The molecule has 0 saturated carbocycles. The molecule has 0 radical (unpaired) electrons. The lowest BCUT2D eigenvalue weighted by Crippen LogP contribution is -2.34. The Morgan fingerprint density at radius 1 is 1.18 bits per heavy atom. The number of aliphatic carboxylic acids is 1. The van der Waals surface area contributed by atoms with Gasteiger partial charge in [0.2, 0.25) is 6.79 Å². The summed E-state index contributed by atoms with van der Waals surface area (Å²) in [6.45, 7) is 2.69. The molecule has 0 bridgehead atoms. The Morgan fingerprint density at radius 2 is 1.91 bits per heavy atom. The number of nitrogens with zero attached hydrogens (tertiary/aromatic N) is 1.